The van der Waals surface area contributed by atoms with E-state index in [1.807, 2.05) is 19.1 Å². The maximum atomic E-state index is 12.2. The van der Waals surface area contributed by atoms with Crippen LogP contribution in [0.15, 0.2) is 41.3 Å². The van der Waals surface area contributed by atoms with Crippen LogP contribution in [-0.4, -0.2) is 5.51 Å². The number of thioether (sulfide) groups is 1. The van der Waals surface area contributed by atoms with Crippen molar-refractivity contribution in [1.29, 1.82) is 0 Å². The molecule has 0 amide bonds. The normalized spacial score (nSPS) is 13.2. The van der Waals surface area contributed by atoms with Crippen molar-refractivity contribution in [2.24, 2.45) is 0 Å². The fraction of sp³-hybridized carbons (Fsp3) is 0.231. The summed E-state index contributed by atoms with van der Waals surface area (Å²) in [5, 5.41) is 3.22. The van der Waals surface area contributed by atoms with E-state index in [4.69, 9.17) is 11.6 Å². The third kappa shape index (κ3) is 4.61. The molecule has 1 nitrogen and oxygen atoms in total. The molecule has 0 spiro atoms. The molecule has 108 valence electrons. The molecule has 20 heavy (non-hydrogen) atoms. The lowest BCUT2D eigenvalue weighted by atomic mass is 10.2. The van der Waals surface area contributed by atoms with E-state index in [-0.39, 0.29) is 22.7 Å². The lowest BCUT2D eigenvalue weighted by Gasteiger charge is -2.14. The first-order chi connectivity index (χ1) is 9.33. The Hall–Kier alpha value is -0.850. The maximum absolute atomic E-state index is 12.2. The summed E-state index contributed by atoms with van der Waals surface area (Å²) in [7, 11) is 0. The number of nitrogens with one attached hydrogen (secondary N) is 1. The Labute approximate surface area is 128 Å². The van der Waals surface area contributed by atoms with Gasteiger partial charge in [-0.25, -0.2) is 0 Å². The summed E-state index contributed by atoms with van der Waals surface area (Å²) in [6.07, 6.45) is 0. The van der Waals surface area contributed by atoms with Crippen LogP contribution in [0.1, 0.15) is 17.8 Å². The van der Waals surface area contributed by atoms with Crippen molar-refractivity contribution >= 4 is 40.4 Å². The second-order valence-electron chi connectivity index (χ2n) is 4.08. The first-order valence-electron chi connectivity index (χ1n) is 5.71. The monoisotopic (exact) mass is 337 g/mol. The molecule has 1 atom stereocenters. The van der Waals surface area contributed by atoms with Crippen LogP contribution in [0.2, 0.25) is 4.34 Å². The van der Waals surface area contributed by atoms with Crippen LogP contribution in [0.25, 0.3) is 0 Å². The summed E-state index contributed by atoms with van der Waals surface area (Å²) in [6.45, 7) is 1.97. The van der Waals surface area contributed by atoms with E-state index in [1.54, 1.807) is 12.1 Å². The van der Waals surface area contributed by atoms with Gasteiger partial charge >= 0.3 is 5.51 Å². The number of anilines is 1. The molecule has 2 rings (SSSR count). The number of benzene rings is 1. The van der Waals surface area contributed by atoms with Gasteiger partial charge in [0, 0.05) is 15.5 Å². The highest BCUT2D eigenvalue weighted by Crippen LogP contribution is 2.37. The molecule has 1 N–H and O–H groups in total. The van der Waals surface area contributed by atoms with Gasteiger partial charge in [-0.3, -0.25) is 0 Å². The van der Waals surface area contributed by atoms with Crippen molar-refractivity contribution in [2.45, 2.75) is 23.4 Å². The van der Waals surface area contributed by atoms with Crippen molar-refractivity contribution in [2.75, 3.05) is 5.32 Å². The minimum absolute atomic E-state index is 0.0496. The second kappa shape index (κ2) is 6.28. The fourth-order valence-electron chi connectivity index (χ4n) is 1.63. The predicted molar refractivity (Wildman–Crippen MR) is 79.7 cm³/mol. The Morgan fingerprint density at radius 2 is 1.80 bits per heavy atom. The van der Waals surface area contributed by atoms with Crippen molar-refractivity contribution in [3.8, 4) is 0 Å². The summed E-state index contributed by atoms with van der Waals surface area (Å²) in [4.78, 5) is 1.25. The van der Waals surface area contributed by atoms with Crippen LogP contribution >= 0.6 is 34.7 Å². The highest BCUT2D eigenvalue weighted by Gasteiger charge is 2.29. The van der Waals surface area contributed by atoms with Gasteiger partial charge in [-0.1, -0.05) is 11.6 Å². The van der Waals surface area contributed by atoms with Gasteiger partial charge in [0.05, 0.1) is 10.4 Å². The SMILES string of the molecule is CC(Nc1ccc(SC(F)(F)F)cc1)c1ccc(Cl)s1. The highest BCUT2D eigenvalue weighted by atomic mass is 35.5. The molecule has 0 saturated carbocycles. The minimum Gasteiger partial charge on any atom is -0.378 e. The average molecular weight is 338 g/mol. The molecule has 0 aliphatic carbocycles. The molecule has 2 aromatic rings. The number of hydrogen-bond donors (Lipinski definition) is 1. The number of alkyl halides is 3. The number of hydrogen-bond acceptors (Lipinski definition) is 3. The Morgan fingerprint density at radius 1 is 1.15 bits per heavy atom. The molecule has 1 aromatic carbocycles. The Kier molecular flexibility index (Phi) is 4.88. The lowest BCUT2D eigenvalue weighted by molar-refractivity contribution is -0.0328. The van der Waals surface area contributed by atoms with Crippen molar-refractivity contribution < 1.29 is 13.2 Å². The van der Waals surface area contributed by atoms with E-state index in [0.29, 0.717) is 4.34 Å². The largest absolute Gasteiger partial charge is 0.446 e. The molecule has 1 heterocycles. The van der Waals surface area contributed by atoms with Crippen molar-refractivity contribution in [3.05, 3.63) is 45.6 Å². The van der Waals surface area contributed by atoms with Crippen molar-refractivity contribution in [1.82, 2.24) is 0 Å². The van der Waals surface area contributed by atoms with Crippen molar-refractivity contribution in [3.63, 3.8) is 0 Å². The third-order valence-corrected chi connectivity index (χ3v) is 4.65. The first-order valence-corrected chi connectivity index (χ1v) is 7.72. The molecule has 7 heteroatoms. The fourth-order valence-corrected chi connectivity index (χ4v) is 3.24. The second-order valence-corrected chi connectivity index (χ2v) is 6.97. The number of thiophene rings is 1. The van der Waals surface area contributed by atoms with Crippen LogP contribution in [0.3, 0.4) is 0 Å². The van der Waals surface area contributed by atoms with Gasteiger partial charge in [0.15, 0.2) is 0 Å². The molecular formula is C13H11ClF3NS2. The molecule has 1 aromatic heterocycles. The molecule has 0 radical (unpaired) electrons. The predicted octanol–water partition coefficient (Wildman–Crippen LogP) is 6.19. The van der Waals surface area contributed by atoms with E-state index in [9.17, 15) is 13.2 Å². The van der Waals surface area contributed by atoms with Crippen LogP contribution in [-0.2, 0) is 0 Å². The molecule has 1 unspecified atom stereocenters. The van der Waals surface area contributed by atoms with Gasteiger partial charge < -0.3 is 5.32 Å². The van der Waals surface area contributed by atoms with E-state index in [0.717, 1.165) is 10.6 Å². The summed E-state index contributed by atoms with van der Waals surface area (Å²) < 4.78 is 37.3. The summed E-state index contributed by atoms with van der Waals surface area (Å²) in [5.74, 6) is 0. The third-order valence-electron chi connectivity index (χ3n) is 2.49. The number of halogens is 4. The standard InChI is InChI=1S/C13H11ClF3NS2/c1-8(11-6-7-12(14)19-11)18-9-2-4-10(5-3-9)20-13(15,16)17/h2-8,18H,1H3. The summed E-state index contributed by atoms with van der Waals surface area (Å²) in [5.41, 5.74) is -3.48. The van der Waals surface area contributed by atoms with Gasteiger partial charge in [-0.2, -0.15) is 13.2 Å². The lowest BCUT2D eigenvalue weighted by Crippen LogP contribution is -2.04. The zero-order valence-electron chi connectivity index (χ0n) is 10.4. The Morgan fingerprint density at radius 3 is 2.30 bits per heavy atom. The van der Waals surface area contributed by atoms with Crippen LogP contribution in [0.4, 0.5) is 18.9 Å². The Bertz CT molecular complexity index is 566. The maximum Gasteiger partial charge on any atom is 0.446 e. The van der Waals surface area contributed by atoms with Crippen LogP contribution in [0.5, 0.6) is 0 Å². The van der Waals surface area contributed by atoms with E-state index < -0.39 is 5.51 Å². The van der Waals surface area contributed by atoms with Gasteiger partial charge in [-0.15, -0.1) is 11.3 Å². The van der Waals surface area contributed by atoms with Gasteiger partial charge in [0.1, 0.15) is 0 Å². The first kappa shape index (κ1) is 15.5. The van der Waals surface area contributed by atoms with Gasteiger partial charge in [-0.05, 0) is 55.1 Å². The Balaban J connectivity index is 2.00. The number of rotatable bonds is 4. The zero-order chi connectivity index (χ0) is 14.8. The average Bonchev–Trinajstić information content (AvgIpc) is 2.77. The van der Waals surface area contributed by atoms with E-state index in [1.165, 1.54) is 23.5 Å². The molecule has 0 fully saturated rings. The highest BCUT2D eigenvalue weighted by molar-refractivity contribution is 8.00. The molecule has 0 aliphatic rings. The van der Waals surface area contributed by atoms with Gasteiger partial charge in [0.25, 0.3) is 0 Å². The van der Waals surface area contributed by atoms with E-state index >= 15 is 0 Å². The zero-order valence-corrected chi connectivity index (χ0v) is 12.8. The summed E-state index contributed by atoms with van der Waals surface area (Å²) >= 11 is 7.23. The minimum atomic E-state index is -4.25. The van der Waals surface area contributed by atoms with Gasteiger partial charge in [0.2, 0.25) is 0 Å². The molecule has 0 aliphatic heterocycles. The smallest absolute Gasteiger partial charge is 0.378 e. The quantitative estimate of drug-likeness (QED) is 0.668. The van der Waals surface area contributed by atoms with Crippen LogP contribution in [0, 0.1) is 0 Å². The molecule has 0 bridgehead atoms. The molecular weight excluding hydrogens is 327 g/mol. The molecule has 0 saturated heterocycles. The summed E-state index contributed by atoms with van der Waals surface area (Å²) in [6, 6.07) is 9.98. The van der Waals surface area contributed by atoms with Crippen LogP contribution < -0.4 is 5.32 Å². The topological polar surface area (TPSA) is 12.0 Å². The van der Waals surface area contributed by atoms with E-state index in [2.05, 4.69) is 5.32 Å².